The van der Waals surface area contributed by atoms with E-state index in [1.54, 1.807) is 27.7 Å². The van der Waals surface area contributed by atoms with Crippen molar-refractivity contribution in [1.29, 1.82) is 0 Å². The first-order valence-electron chi connectivity index (χ1n) is 9.69. The quantitative estimate of drug-likeness (QED) is 0.328. The van der Waals surface area contributed by atoms with Gasteiger partial charge in [-0.25, -0.2) is 4.39 Å². The normalized spacial score (nSPS) is 15.4. The van der Waals surface area contributed by atoms with Crippen molar-refractivity contribution in [2.75, 3.05) is 0 Å². The molecule has 1 rings (SSSR count). The number of ether oxygens (including phenoxy) is 2. The minimum atomic E-state index is -0.794. The van der Waals surface area contributed by atoms with Gasteiger partial charge in [0, 0.05) is 5.56 Å². The Labute approximate surface area is 172 Å². The van der Waals surface area contributed by atoms with Crippen LogP contribution in [0.2, 0.25) is 0 Å². The summed E-state index contributed by atoms with van der Waals surface area (Å²) >= 11 is 3.39. The molecule has 0 spiro atoms. The molecule has 3 atom stereocenters. The molecule has 1 aromatic carbocycles. The number of aryl methyl sites for hydroxylation is 1. The third-order valence-corrected chi connectivity index (χ3v) is 5.37. The number of esters is 1. The van der Waals surface area contributed by atoms with Crippen molar-refractivity contribution in [1.82, 2.24) is 0 Å². The van der Waals surface area contributed by atoms with Crippen molar-refractivity contribution >= 4 is 21.9 Å². The van der Waals surface area contributed by atoms with Crippen molar-refractivity contribution in [2.24, 2.45) is 11.8 Å². The Morgan fingerprint density at radius 2 is 1.81 bits per heavy atom. The second-order valence-electron chi connectivity index (χ2n) is 8.69. The third kappa shape index (κ3) is 7.44. The van der Waals surface area contributed by atoms with E-state index < -0.39 is 22.2 Å². The molecule has 0 saturated carbocycles. The van der Waals surface area contributed by atoms with Crippen molar-refractivity contribution in [3.8, 4) is 5.75 Å². The molecule has 0 radical (unpaired) electrons. The van der Waals surface area contributed by atoms with Gasteiger partial charge in [-0.1, -0.05) is 50.0 Å². The summed E-state index contributed by atoms with van der Waals surface area (Å²) in [5.74, 6) is 0.524. The zero-order chi connectivity index (χ0) is 20.9. The predicted molar refractivity (Wildman–Crippen MR) is 112 cm³/mol. The van der Waals surface area contributed by atoms with Crippen molar-refractivity contribution in [3.63, 3.8) is 0 Å². The fourth-order valence-corrected chi connectivity index (χ4v) is 3.19. The average Bonchev–Trinajstić information content (AvgIpc) is 2.53. The van der Waals surface area contributed by atoms with E-state index in [0.717, 1.165) is 12.8 Å². The van der Waals surface area contributed by atoms with Crippen LogP contribution in [0.1, 0.15) is 77.3 Å². The van der Waals surface area contributed by atoms with Crippen molar-refractivity contribution in [2.45, 2.75) is 84.8 Å². The molecule has 154 valence electrons. The van der Waals surface area contributed by atoms with Gasteiger partial charge in [-0.15, -0.1) is 0 Å². The Hall–Kier alpha value is -1.10. The minimum Gasteiger partial charge on any atom is -0.490 e. The lowest BCUT2D eigenvalue weighted by Gasteiger charge is -2.28. The van der Waals surface area contributed by atoms with E-state index in [0.29, 0.717) is 28.7 Å². The van der Waals surface area contributed by atoms with Gasteiger partial charge in [0.05, 0.1) is 0 Å². The summed E-state index contributed by atoms with van der Waals surface area (Å²) in [7, 11) is 0. The maximum atomic E-state index is 14.1. The number of halogens is 2. The molecule has 0 aliphatic rings. The van der Waals surface area contributed by atoms with Gasteiger partial charge in [-0.2, -0.15) is 0 Å². The lowest BCUT2D eigenvalue weighted by Crippen LogP contribution is -2.28. The van der Waals surface area contributed by atoms with Gasteiger partial charge in [0.2, 0.25) is 0 Å². The van der Waals surface area contributed by atoms with Crippen LogP contribution >= 0.6 is 15.9 Å². The number of carbonyl (C=O) groups excluding carboxylic acids is 1. The number of benzene rings is 1. The van der Waals surface area contributed by atoms with Gasteiger partial charge < -0.3 is 9.47 Å². The highest BCUT2D eigenvalue weighted by Gasteiger charge is 2.30. The number of hydrogen-bond donors (Lipinski definition) is 0. The maximum Gasteiger partial charge on any atom is 0.324 e. The molecular formula is C22H34BrFO3. The van der Waals surface area contributed by atoms with E-state index in [-0.39, 0.29) is 6.10 Å². The molecule has 0 heterocycles. The number of carbonyl (C=O) groups is 1. The molecule has 0 aliphatic carbocycles. The summed E-state index contributed by atoms with van der Waals surface area (Å²) in [6, 6.07) is 2.79. The zero-order valence-corrected chi connectivity index (χ0v) is 19.4. The number of hydrogen-bond acceptors (Lipinski definition) is 3. The molecule has 3 unspecified atom stereocenters. The predicted octanol–water partition coefficient (Wildman–Crippen LogP) is 6.75. The molecule has 1 aromatic rings. The lowest BCUT2D eigenvalue weighted by molar-refractivity contribution is -0.154. The molecule has 0 bridgehead atoms. The highest BCUT2D eigenvalue weighted by molar-refractivity contribution is 9.09. The van der Waals surface area contributed by atoms with Gasteiger partial charge in [0.1, 0.15) is 28.1 Å². The Balaban J connectivity index is 3.24. The molecule has 0 aromatic heterocycles. The van der Waals surface area contributed by atoms with Gasteiger partial charge in [0.25, 0.3) is 0 Å². The van der Waals surface area contributed by atoms with Crippen molar-refractivity contribution in [3.05, 3.63) is 29.1 Å². The molecule has 27 heavy (non-hydrogen) atoms. The van der Waals surface area contributed by atoms with Gasteiger partial charge in [0.15, 0.2) is 0 Å². The SMILES string of the molecule is CCC(C)CC(Oc1c(C)cc(F)cc1C(Br)C(=O)OC(C)(C)C)C(C)C. The monoisotopic (exact) mass is 444 g/mol. The largest absolute Gasteiger partial charge is 0.490 e. The van der Waals surface area contributed by atoms with Gasteiger partial charge in [-0.3, -0.25) is 4.79 Å². The topological polar surface area (TPSA) is 35.5 Å². The summed E-state index contributed by atoms with van der Waals surface area (Å²) in [4.78, 5) is 11.7. The number of alkyl halides is 1. The van der Waals surface area contributed by atoms with Crippen LogP contribution in [-0.2, 0) is 9.53 Å². The highest BCUT2D eigenvalue weighted by atomic mass is 79.9. The lowest BCUT2D eigenvalue weighted by atomic mass is 9.94. The average molecular weight is 445 g/mol. The van der Waals surface area contributed by atoms with Gasteiger partial charge in [-0.05, 0) is 63.6 Å². The van der Waals surface area contributed by atoms with Crippen LogP contribution < -0.4 is 4.74 Å². The van der Waals surface area contributed by atoms with Crippen LogP contribution in [0.25, 0.3) is 0 Å². The van der Waals surface area contributed by atoms with Crippen LogP contribution in [0, 0.1) is 24.6 Å². The third-order valence-electron chi connectivity index (χ3n) is 4.50. The fourth-order valence-electron chi connectivity index (χ4n) is 2.76. The van der Waals surface area contributed by atoms with Crippen LogP contribution in [-0.4, -0.2) is 17.7 Å². The van der Waals surface area contributed by atoms with Crippen LogP contribution in [0.3, 0.4) is 0 Å². The van der Waals surface area contributed by atoms with Crippen molar-refractivity contribution < 1.29 is 18.7 Å². The molecule has 0 saturated heterocycles. The van der Waals surface area contributed by atoms with E-state index in [2.05, 4.69) is 43.6 Å². The van der Waals surface area contributed by atoms with E-state index in [4.69, 9.17) is 9.47 Å². The van der Waals surface area contributed by atoms with E-state index in [1.165, 1.54) is 12.1 Å². The highest BCUT2D eigenvalue weighted by Crippen LogP contribution is 2.38. The maximum absolute atomic E-state index is 14.1. The molecule has 5 heteroatoms. The molecule has 3 nitrogen and oxygen atoms in total. The zero-order valence-electron chi connectivity index (χ0n) is 17.9. The molecule has 0 fully saturated rings. The first kappa shape index (κ1) is 23.9. The van der Waals surface area contributed by atoms with E-state index in [9.17, 15) is 9.18 Å². The fraction of sp³-hybridized carbons (Fsp3) is 0.682. The second-order valence-corrected chi connectivity index (χ2v) is 9.60. The Morgan fingerprint density at radius 3 is 2.30 bits per heavy atom. The summed E-state index contributed by atoms with van der Waals surface area (Å²) in [6.45, 7) is 15.8. The first-order valence-corrected chi connectivity index (χ1v) is 10.6. The molecule has 0 amide bonds. The Bertz CT molecular complexity index is 637. The Morgan fingerprint density at radius 1 is 1.22 bits per heavy atom. The first-order chi connectivity index (χ1) is 12.4. The minimum absolute atomic E-state index is 0.0128. The van der Waals surface area contributed by atoms with Crippen LogP contribution in [0.5, 0.6) is 5.75 Å². The molecule has 0 N–H and O–H groups in total. The summed E-state index contributed by atoms with van der Waals surface area (Å²) in [6.07, 6.45) is 1.96. The van der Waals surface area contributed by atoms with Gasteiger partial charge >= 0.3 is 5.97 Å². The van der Waals surface area contributed by atoms with Crippen LogP contribution in [0.4, 0.5) is 4.39 Å². The van der Waals surface area contributed by atoms with E-state index in [1.807, 2.05) is 0 Å². The second kappa shape index (κ2) is 9.90. The number of rotatable bonds is 8. The standard InChI is InChI=1S/C22H34BrFO3/c1-9-14(4)10-18(13(2)3)26-20-15(5)11-16(24)12-17(20)19(23)21(25)27-22(6,7)8/h11-14,18-19H,9-10H2,1-8H3. The summed E-state index contributed by atoms with van der Waals surface area (Å²) < 4.78 is 25.9. The van der Waals surface area contributed by atoms with Crippen LogP contribution in [0.15, 0.2) is 12.1 Å². The smallest absolute Gasteiger partial charge is 0.324 e. The molecule has 0 aliphatic heterocycles. The Kier molecular flexibility index (Phi) is 8.78. The molecular weight excluding hydrogens is 411 g/mol. The summed E-state index contributed by atoms with van der Waals surface area (Å²) in [5, 5.41) is 0. The summed E-state index contributed by atoms with van der Waals surface area (Å²) in [5.41, 5.74) is 0.521. The van der Waals surface area contributed by atoms with E-state index >= 15 is 0 Å².